The number of thioether (sulfide) groups is 1. The molecule has 0 spiro atoms. The van der Waals surface area contributed by atoms with E-state index >= 15 is 0 Å². The molecule has 0 aliphatic rings. The number of carbonyl (C=O) groups is 4. The second-order valence-electron chi connectivity index (χ2n) is 8.38. The second-order valence-corrected chi connectivity index (χ2v) is 11.1. The predicted octanol–water partition coefficient (Wildman–Crippen LogP) is 5.45. The first-order chi connectivity index (χ1) is 19.9. The molecule has 2 aromatic carbocycles. The van der Waals surface area contributed by atoms with E-state index in [0.29, 0.717) is 28.7 Å². The molecule has 0 atom stereocenters. The summed E-state index contributed by atoms with van der Waals surface area (Å²) in [5.41, 5.74) is 2.42. The van der Waals surface area contributed by atoms with Crippen molar-refractivity contribution in [2.24, 2.45) is 0 Å². The van der Waals surface area contributed by atoms with Crippen LogP contribution in [0.5, 0.6) is 0 Å². The molecule has 2 heterocycles. The highest BCUT2D eigenvalue weighted by Crippen LogP contribution is 2.22. The van der Waals surface area contributed by atoms with E-state index in [1.54, 1.807) is 66.9 Å². The molecule has 4 rings (SSSR count). The summed E-state index contributed by atoms with van der Waals surface area (Å²) in [6, 6.07) is 17.5. The van der Waals surface area contributed by atoms with Gasteiger partial charge in [0.15, 0.2) is 5.13 Å². The monoisotopic (exact) mass is 606 g/mol. The van der Waals surface area contributed by atoms with Crippen molar-refractivity contribution in [2.45, 2.75) is 18.2 Å². The maximum Gasteiger partial charge on any atom is 0.311 e. The van der Waals surface area contributed by atoms with Gasteiger partial charge in [0.25, 0.3) is 11.8 Å². The van der Waals surface area contributed by atoms with Crippen molar-refractivity contribution < 1.29 is 23.9 Å². The topological polar surface area (TPSA) is 126 Å². The van der Waals surface area contributed by atoms with Gasteiger partial charge in [-0.1, -0.05) is 18.2 Å². The molecule has 4 aromatic rings. The van der Waals surface area contributed by atoms with Gasteiger partial charge in [-0.25, -0.2) is 4.98 Å². The quantitative estimate of drug-likeness (QED) is 0.111. The van der Waals surface area contributed by atoms with E-state index < -0.39 is 5.91 Å². The molecule has 0 bridgehead atoms. The van der Waals surface area contributed by atoms with E-state index in [1.807, 2.05) is 22.9 Å². The van der Waals surface area contributed by atoms with E-state index in [2.05, 4.69) is 20.9 Å². The van der Waals surface area contributed by atoms with Crippen LogP contribution in [0.25, 0.3) is 6.08 Å². The van der Waals surface area contributed by atoms with Gasteiger partial charge in [-0.2, -0.15) is 11.3 Å². The van der Waals surface area contributed by atoms with E-state index in [-0.39, 0.29) is 35.7 Å². The first kappa shape index (κ1) is 29.7. The summed E-state index contributed by atoms with van der Waals surface area (Å²) >= 11 is 4.05. The molecule has 3 amide bonds. The third-order valence-corrected chi connectivity index (χ3v) is 7.81. The van der Waals surface area contributed by atoms with Crippen molar-refractivity contribution in [3.05, 3.63) is 99.3 Å². The predicted molar refractivity (Wildman–Crippen MR) is 163 cm³/mol. The molecule has 12 heteroatoms. The smallest absolute Gasteiger partial charge is 0.311 e. The first-order valence-electron chi connectivity index (χ1n) is 12.4. The molecule has 210 valence electrons. The summed E-state index contributed by atoms with van der Waals surface area (Å²) in [5.74, 6) is -1.30. The molecule has 2 aromatic heterocycles. The van der Waals surface area contributed by atoms with Crippen molar-refractivity contribution in [2.75, 3.05) is 23.0 Å². The fourth-order valence-electron chi connectivity index (χ4n) is 3.41. The van der Waals surface area contributed by atoms with E-state index in [4.69, 9.17) is 4.74 Å². The number of hydrogen-bond donors (Lipinski definition) is 3. The molecule has 9 nitrogen and oxygen atoms in total. The number of benzene rings is 2. The van der Waals surface area contributed by atoms with Crippen LogP contribution in [-0.2, 0) is 25.5 Å². The molecule has 3 N–H and O–H groups in total. The van der Waals surface area contributed by atoms with E-state index in [0.717, 1.165) is 10.5 Å². The number of rotatable bonds is 12. The fraction of sp³-hybridized carbons (Fsp3) is 0.138. The van der Waals surface area contributed by atoms with Crippen LogP contribution in [0.15, 0.2) is 87.4 Å². The Hall–Kier alpha value is -4.26. The molecule has 0 radical (unpaired) electrons. The van der Waals surface area contributed by atoms with Crippen LogP contribution in [0.3, 0.4) is 0 Å². The van der Waals surface area contributed by atoms with Gasteiger partial charge in [0.2, 0.25) is 5.91 Å². The highest BCUT2D eigenvalue weighted by atomic mass is 32.2. The number of aromatic nitrogens is 1. The molecule has 0 unspecified atom stereocenters. The van der Waals surface area contributed by atoms with Gasteiger partial charge in [0.1, 0.15) is 5.70 Å². The minimum atomic E-state index is -0.467. The lowest BCUT2D eigenvalue weighted by atomic mass is 10.2. The Morgan fingerprint density at radius 3 is 2.46 bits per heavy atom. The van der Waals surface area contributed by atoms with Gasteiger partial charge in [0.05, 0.1) is 24.5 Å². The lowest BCUT2D eigenvalue weighted by molar-refractivity contribution is -0.142. The van der Waals surface area contributed by atoms with Crippen LogP contribution < -0.4 is 16.0 Å². The van der Waals surface area contributed by atoms with Crippen LogP contribution in [0.4, 0.5) is 10.8 Å². The van der Waals surface area contributed by atoms with Crippen LogP contribution in [0.2, 0.25) is 0 Å². The Labute approximate surface area is 249 Å². The second kappa shape index (κ2) is 14.9. The minimum Gasteiger partial charge on any atom is -0.466 e. The van der Waals surface area contributed by atoms with Gasteiger partial charge in [-0.15, -0.1) is 23.1 Å². The van der Waals surface area contributed by atoms with Crippen molar-refractivity contribution >= 4 is 75.0 Å². The Morgan fingerprint density at radius 2 is 1.76 bits per heavy atom. The maximum atomic E-state index is 13.1. The number of nitrogens with zero attached hydrogens (tertiary/aromatic N) is 1. The molecule has 0 saturated carbocycles. The minimum absolute atomic E-state index is 0.0580. The van der Waals surface area contributed by atoms with Crippen molar-refractivity contribution in [1.29, 1.82) is 0 Å². The van der Waals surface area contributed by atoms with Crippen LogP contribution in [-0.4, -0.2) is 41.0 Å². The number of thiazole rings is 1. The third kappa shape index (κ3) is 9.41. The molecule has 0 aliphatic carbocycles. The summed E-state index contributed by atoms with van der Waals surface area (Å²) in [4.78, 5) is 54.8. The van der Waals surface area contributed by atoms with Crippen molar-refractivity contribution in [1.82, 2.24) is 10.3 Å². The number of amides is 3. The number of esters is 1. The Morgan fingerprint density at radius 1 is 0.976 bits per heavy atom. The van der Waals surface area contributed by atoms with Crippen LogP contribution in [0.1, 0.15) is 28.5 Å². The zero-order valence-electron chi connectivity index (χ0n) is 21.9. The summed E-state index contributed by atoms with van der Waals surface area (Å²) in [7, 11) is 0. The third-order valence-electron chi connectivity index (χ3n) is 5.29. The first-order valence-corrected chi connectivity index (χ1v) is 15.2. The average Bonchev–Trinajstić information content (AvgIpc) is 3.65. The van der Waals surface area contributed by atoms with E-state index in [9.17, 15) is 19.2 Å². The van der Waals surface area contributed by atoms with Crippen LogP contribution >= 0.6 is 34.4 Å². The highest BCUT2D eigenvalue weighted by Gasteiger charge is 2.16. The fourth-order valence-corrected chi connectivity index (χ4v) is 5.45. The summed E-state index contributed by atoms with van der Waals surface area (Å²) in [6.07, 6.45) is 1.68. The summed E-state index contributed by atoms with van der Waals surface area (Å²) in [5, 5.41) is 14.1. The Bertz CT molecular complexity index is 1520. The average molecular weight is 607 g/mol. The molecular weight excluding hydrogens is 581 g/mol. The normalized spacial score (nSPS) is 11.0. The number of carbonyl (C=O) groups excluding carboxylic acids is 4. The lowest BCUT2D eigenvalue weighted by Gasteiger charge is -2.11. The van der Waals surface area contributed by atoms with Gasteiger partial charge in [-0.05, 0) is 71.8 Å². The van der Waals surface area contributed by atoms with Gasteiger partial charge in [-0.3, -0.25) is 19.2 Å². The maximum absolute atomic E-state index is 13.1. The van der Waals surface area contributed by atoms with Crippen LogP contribution in [0, 0.1) is 0 Å². The zero-order valence-corrected chi connectivity index (χ0v) is 24.4. The zero-order chi connectivity index (χ0) is 29.0. The summed E-state index contributed by atoms with van der Waals surface area (Å²) in [6.45, 7) is 2.04. The number of nitrogens with one attached hydrogen (secondary N) is 3. The van der Waals surface area contributed by atoms with Gasteiger partial charge in [0, 0.05) is 21.5 Å². The largest absolute Gasteiger partial charge is 0.466 e. The standard InChI is InChI=1S/C29H26N4O5S3/c1-2-38-26(35)15-22-17-41-29(31-22)33-25(34)18-40-23-10-8-21(9-11-23)30-28(37)24(14-19-12-13-39-16-19)32-27(36)20-6-4-3-5-7-20/h3-14,16-17H,2,15,18H2,1H3,(H,30,37)(H,32,36)(H,31,33,34)/b24-14-. The molecule has 41 heavy (non-hydrogen) atoms. The van der Waals surface area contributed by atoms with Gasteiger partial charge >= 0.3 is 5.97 Å². The Balaban J connectivity index is 1.31. The molecule has 0 aliphatic heterocycles. The lowest BCUT2D eigenvalue weighted by Crippen LogP contribution is -2.30. The van der Waals surface area contributed by atoms with E-state index in [1.165, 1.54) is 34.4 Å². The van der Waals surface area contributed by atoms with Gasteiger partial charge < -0.3 is 20.7 Å². The number of ether oxygens (including phenoxy) is 1. The highest BCUT2D eigenvalue weighted by molar-refractivity contribution is 8.00. The molecular formula is C29H26N4O5S3. The summed E-state index contributed by atoms with van der Waals surface area (Å²) < 4.78 is 4.91. The number of anilines is 2. The van der Waals surface area contributed by atoms with Crippen molar-refractivity contribution in [3.8, 4) is 0 Å². The van der Waals surface area contributed by atoms with Crippen molar-refractivity contribution in [3.63, 3.8) is 0 Å². The molecule has 0 saturated heterocycles. The number of hydrogen-bond acceptors (Lipinski definition) is 9. The number of thiophene rings is 1. The Kier molecular flexibility index (Phi) is 10.8. The SMILES string of the molecule is CCOC(=O)Cc1csc(NC(=O)CSc2ccc(NC(=O)/C(=C/c3ccsc3)NC(=O)c3ccccc3)cc2)n1. The molecule has 0 fully saturated rings.